The van der Waals surface area contributed by atoms with Crippen molar-refractivity contribution in [1.82, 2.24) is 10.2 Å². The number of carbonyl (C=O) groups excluding carboxylic acids is 2. The molecule has 8 heteroatoms. The second-order valence-electron chi connectivity index (χ2n) is 6.95. The summed E-state index contributed by atoms with van der Waals surface area (Å²) in [7, 11) is 1.51. The molecule has 0 atom stereocenters. The first kappa shape index (κ1) is 19.4. The van der Waals surface area contributed by atoms with Crippen LogP contribution in [0.15, 0.2) is 36.4 Å². The molecule has 29 heavy (non-hydrogen) atoms. The summed E-state index contributed by atoms with van der Waals surface area (Å²) < 4.78 is 15.9. The van der Waals surface area contributed by atoms with Crippen LogP contribution < -0.4 is 19.5 Å². The molecule has 0 aromatic heterocycles. The van der Waals surface area contributed by atoms with E-state index in [1.807, 2.05) is 0 Å². The molecule has 0 bridgehead atoms. The number of nitrogens with one attached hydrogen (secondary N) is 1. The lowest BCUT2D eigenvalue weighted by Crippen LogP contribution is -2.46. The molecule has 2 aliphatic heterocycles. The lowest BCUT2D eigenvalue weighted by atomic mass is 10.0. The predicted molar refractivity (Wildman–Crippen MR) is 107 cm³/mol. The Hall–Kier alpha value is -2.93. The number of rotatable bonds is 4. The molecule has 0 saturated carbocycles. The minimum Gasteiger partial charge on any atom is -0.496 e. The number of nitrogens with zero attached hydrogens (tertiary/aromatic N) is 1. The zero-order valence-corrected chi connectivity index (χ0v) is 16.7. The highest BCUT2D eigenvalue weighted by Crippen LogP contribution is 2.33. The van der Waals surface area contributed by atoms with E-state index in [0.717, 1.165) is 0 Å². The molecular weight excluding hydrogens is 396 g/mol. The summed E-state index contributed by atoms with van der Waals surface area (Å²) in [5.74, 6) is 1.43. The topological polar surface area (TPSA) is 77.1 Å². The number of hydrogen-bond donors (Lipinski definition) is 1. The standard InChI is InChI=1S/C21H21ClN2O5/c1-27-17-5-3-14(22)11-16(17)20(25)23-15-6-8-24(9-7-15)21(26)13-2-4-18-19(10-13)29-12-28-18/h2-5,10-11,15H,6-9,12H2,1H3,(H,23,25). The van der Waals surface area contributed by atoms with Crippen LogP contribution in [0.5, 0.6) is 17.2 Å². The van der Waals surface area contributed by atoms with Crippen LogP contribution in [-0.2, 0) is 0 Å². The minimum absolute atomic E-state index is 0.0213. The molecule has 152 valence electrons. The number of carbonyl (C=O) groups is 2. The Kier molecular flexibility index (Phi) is 5.49. The fourth-order valence-corrected chi connectivity index (χ4v) is 3.73. The van der Waals surface area contributed by atoms with Crippen LogP contribution in [-0.4, -0.2) is 49.7 Å². The van der Waals surface area contributed by atoms with Crippen LogP contribution in [0.3, 0.4) is 0 Å². The zero-order valence-electron chi connectivity index (χ0n) is 15.9. The van der Waals surface area contributed by atoms with Gasteiger partial charge in [0, 0.05) is 29.7 Å². The second kappa shape index (κ2) is 8.21. The van der Waals surface area contributed by atoms with E-state index in [9.17, 15) is 9.59 Å². The van der Waals surface area contributed by atoms with Crippen LogP contribution in [0.4, 0.5) is 0 Å². The molecule has 0 aliphatic carbocycles. The lowest BCUT2D eigenvalue weighted by Gasteiger charge is -2.32. The van der Waals surface area contributed by atoms with E-state index in [4.69, 9.17) is 25.8 Å². The smallest absolute Gasteiger partial charge is 0.255 e. The SMILES string of the molecule is COc1ccc(Cl)cc1C(=O)NC1CCN(C(=O)c2ccc3c(c2)OCO3)CC1. The highest BCUT2D eigenvalue weighted by molar-refractivity contribution is 6.31. The van der Waals surface area contributed by atoms with Crippen molar-refractivity contribution in [2.75, 3.05) is 27.0 Å². The number of ether oxygens (including phenoxy) is 3. The van der Waals surface area contributed by atoms with Gasteiger partial charge in [0.15, 0.2) is 11.5 Å². The van der Waals surface area contributed by atoms with Crippen molar-refractivity contribution in [3.05, 3.63) is 52.5 Å². The van der Waals surface area contributed by atoms with Crippen LogP contribution in [0.25, 0.3) is 0 Å². The summed E-state index contributed by atoms with van der Waals surface area (Å²) in [6, 6.07) is 10.1. The maximum absolute atomic E-state index is 12.8. The van der Waals surface area contributed by atoms with Crippen molar-refractivity contribution in [3.8, 4) is 17.2 Å². The summed E-state index contributed by atoms with van der Waals surface area (Å²) in [5.41, 5.74) is 0.972. The molecular formula is C21H21ClN2O5. The third-order valence-corrected chi connectivity index (χ3v) is 5.38. The Bertz CT molecular complexity index is 941. The third kappa shape index (κ3) is 4.10. The van der Waals surface area contributed by atoms with Gasteiger partial charge in [0.05, 0.1) is 12.7 Å². The van der Waals surface area contributed by atoms with Gasteiger partial charge in [-0.05, 0) is 49.2 Å². The van der Waals surface area contributed by atoms with Gasteiger partial charge < -0.3 is 24.4 Å². The molecule has 7 nitrogen and oxygen atoms in total. The third-order valence-electron chi connectivity index (χ3n) is 5.14. The van der Waals surface area contributed by atoms with Crippen molar-refractivity contribution in [1.29, 1.82) is 0 Å². The number of fused-ring (bicyclic) bond motifs is 1. The van der Waals surface area contributed by atoms with E-state index in [1.165, 1.54) is 7.11 Å². The molecule has 0 radical (unpaired) electrons. The number of hydrogen-bond acceptors (Lipinski definition) is 5. The average molecular weight is 417 g/mol. The van der Waals surface area contributed by atoms with Crippen molar-refractivity contribution in [3.63, 3.8) is 0 Å². The van der Waals surface area contributed by atoms with Crippen LogP contribution >= 0.6 is 11.6 Å². The average Bonchev–Trinajstić information content (AvgIpc) is 3.21. The van der Waals surface area contributed by atoms with Crippen LogP contribution in [0, 0.1) is 0 Å². The van der Waals surface area contributed by atoms with Gasteiger partial charge in [-0.2, -0.15) is 0 Å². The van der Waals surface area contributed by atoms with E-state index in [0.29, 0.717) is 59.3 Å². The van der Waals surface area contributed by atoms with E-state index in [1.54, 1.807) is 41.3 Å². The van der Waals surface area contributed by atoms with E-state index >= 15 is 0 Å². The quantitative estimate of drug-likeness (QED) is 0.828. The number of piperidine rings is 1. The molecule has 2 aliphatic rings. The highest BCUT2D eigenvalue weighted by atomic mass is 35.5. The molecule has 1 N–H and O–H groups in total. The number of halogens is 1. The van der Waals surface area contributed by atoms with Gasteiger partial charge in [-0.25, -0.2) is 0 Å². The number of methoxy groups -OCH3 is 1. The zero-order chi connectivity index (χ0) is 20.4. The Balaban J connectivity index is 1.35. The molecule has 2 heterocycles. The minimum atomic E-state index is -0.232. The second-order valence-corrected chi connectivity index (χ2v) is 7.39. The summed E-state index contributed by atoms with van der Waals surface area (Å²) in [5, 5.41) is 3.49. The highest BCUT2D eigenvalue weighted by Gasteiger charge is 2.27. The van der Waals surface area contributed by atoms with Gasteiger partial charge >= 0.3 is 0 Å². The molecule has 2 aromatic rings. The van der Waals surface area contributed by atoms with Crippen molar-refractivity contribution >= 4 is 23.4 Å². The van der Waals surface area contributed by atoms with Gasteiger partial charge in [-0.3, -0.25) is 9.59 Å². The fourth-order valence-electron chi connectivity index (χ4n) is 3.56. The Labute approximate surface area is 173 Å². The Morgan fingerprint density at radius 3 is 2.62 bits per heavy atom. The van der Waals surface area contributed by atoms with E-state index < -0.39 is 0 Å². The van der Waals surface area contributed by atoms with E-state index in [-0.39, 0.29) is 24.6 Å². The summed E-state index contributed by atoms with van der Waals surface area (Å²) in [6.07, 6.45) is 1.34. The monoisotopic (exact) mass is 416 g/mol. The molecule has 1 fully saturated rings. The van der Waals surface area contributed by atoms with Gasteiger partial charge in [0.1, 0.15) is 5.75 Å². The molecule has 1 saturated heterocycles. The lowest BCUT2D eigenvalue weighted by molar-refractivity contribution is 0.0697. The summed E-state index contributed by atoms with van der Waals surface area (Å²) in [6.45, 7) is 1.30. The van der Waals surface area contributed by atoms with Crippen molar-refractivity contribution in [2.45, 2.75) is 18.9 Å². The predicted octanol–water partition coefficient (Wildman–Crippen LogP) is 3.11. The molecule has 2 amide bonds. The molecule has 0 unspecified atom stereocenters. The first-order valence-electron chi connectivity index (χ1n) is 9.38. The first-order valence-corrected chi connectivity index (χ1v) is 9.76. The Morgan fingerprint density at radius 1 is 1.10 bits per heavy atom. The summed E-state index contributed by atoms with van der Waals surface area (Å²) >= 11 is 6.01. The number of likely N-dealkylation sites (tertiary alicyclic amines) is 1. The number of benzene rings is 2. The summed E-state index contributed by atoms with van der Waals surface area (Å²) in [4.78, 5) is 27.2. The van der Waals surface area contributed by atoms with E-state index in [2.05, 4.69) is 5.32 Å². The van der Waals surface area contributed by atoms with Crippen molar-refractivity contribution < 1.29 is 23.8 Å². The molecule has 2 aromatic carbocycles. The largest absolute Gasteiger partial charge is 0.496 e. The maximum atomic E-state index is 12.8. The molecule has 0 spiro atoms. The van der Waals surface area contributed by atoms with Crippen LogP contribution in [0.2, 0.25) is 5.02 Å². The molecule has 4 rings (SSSR count). The fraction of sp³-hybridized carbons (Fsp3) is 0.333. The van der Waals surface area contributed by atoms with Gasteiger partial charge in [-0.15, -0.1) is 0 Å². The maximum Gasteiger partial charge on any atom is 0.255 e. The van der Waals surface area contributed by atoms with Gasteiger partial charge in [0.2, 0.25) is 6.79 Å². The first-order chi connectivity index (χ1) is 14.0. The number of amides is 2. The van der Waals surface area contributed by atoms with Crippen LogP contribution in [0.1, 0.15) is 33.6 Å². The normalized spacial score (nSPS) is 15.9. The van der Waals surface area contributed by atoms with Gasteiger partial charge in [0.25, 0.3) is 11.8 Å². The van der Waals surface area contributed by atoms with Crippen molar-refractivity contribution in [2.24, 2.45) is 0 Å². The van der Waals surface area contributed by atoms with Gasteiger partial charge in [-0.1, -0.05) is 11.6 Å². The Morgan fingerprint density at radius 2 is 1.86 bits per heavy atom.